The first-order chi connectivity index (χ1) is 15.5. The number of halogens is 1. The van der Waals surface area contributed by atoms with E-state index < -0.39 is 5.91 Å². The van der Waals surface area contributed by atoms with E-state index in [1.54, 1.807) is 30.3 Å². The maximum absolute atomic E-state index is 13.0. The molecule has 0 aliphatic heterocycles. The molecule has 0 aliphatic rings. The van der Waals surface area contributed by atoms with E-state index in [2.05, 4.69) is 15.5 Å². The zero-order valence-corrected chi connectivity index (χ0v) is 18.4. The SMILES string of the molecule is CCCc1nnc(NC(=O)/C(C#N)=C\c2ccc(OCc3ccc(F)cc3)c(OC)c2)s1. The minimum atomic E-state index is -0.567. The number of amides is 1. The molecule has 2 aromatic carbocycles. The second kappa shape index (κ2) is 11.0. The number of aromatic nitrogens is 2. The normalized spacial score (nSPS) is 11.0. The van der Waals surface area contributed by atoms with Crippen LogP contribution in [0, 0.1) is 17.1 Å². The zero-order valence-electron chi connectivity index (χ0n) is 17.6. The lowest BCUT2D eigenvalue weighted by Crippen LogP contribution is -2.13. The van der Waals surface area contributed by atoms with E-state index in [0.717, 1.165) is 23.4 Å². The predicted molar refractivity (Wildman–Crippen MR) is 120 cm³/mol. The highest BCUT2D eigenvalue weighted by molar-refractivity contribution is 7.15. The van der Waals surface area contributed by atoms with Gasteiger partial charge in [-0.05, 0) is 47.9 Å². The number of nitriles is 1. The van der Waals surface area contributed by atoms with E-state index in [9.17, 15) is 14.4 Å². The average Bonchev–Trinajstić information content (AvgIpc) is 3.24. The van der Waals surface area contributed by atoms with Gasteiger partial charge in [0.1, 0.15) is 29.1 Å². The number of hydrogen-bond donors (Lipinski definition) is 1. The molecule has 0 atom stereocenters. The minimum absolute atomic E-state index is 0.0840. The van der Waals surface area contributed by atoms with Crippen LogP contribution in [0.25, 0.3) is 6.08 Å². The Kier molecular flexibility index (Phi) is 7.89. The van der Waals surface area contributed by atoms with Gasteiger partial charge >= 0.3 is 0 Å². The third-order valence-corrected chi connectivity index (χ3v) is 5.22. The molecule has 1 aromatic heterocycles. The molecule has 0 radical (unpaired) electrons. The van der Waals surface area contributed by atoms with E-state index >= 15 is 0 Å². The first-order valence-electron chi connectivity index (χ1n) is 9.83. The summed E-state index contributed by atoms with van der Waals surface area (Å²) in [5.41, 5.74) is 1.31. The number of benzene rings is 2. The van der Waals surface area contributed by atoms with Crippen molar-refractivity contribution in [3.05, 3.63) is 70.0 Å². The molecule has 32 heavy (non-hydrogen) atoms. The highest BCUT2D eigenvalue weighted by Crippen LogP contribution is 2.30. The summed E-state index contributed by atoms with van der Waals surface area (Å²) >= 11 is 1.28. The molecule has 0 saturated carbocycles. The summed E-state index contributed by atoms with van der Waals surface area (Å²) in [5, 5.41) is 21.2. The Morgan fingerprint density at radius 2 is 2.00 bits per heavy atom. The molecule has 1 amide bonds. The fraction of sp³-hybridized carbons (Fsp3) is 0.217. The van der Waals surface area contributed by atoms with Crippen molar-refractivity contribution < 1.29 is 18.7 Å². The lowest BCUT2D eigenvalue weighted by atomic mass is 10.1. The van der Waals surface area contributed by atoms with Gasteiger partial charge in [-0.3, -0.25) is 10.1 Å². The number of nitrogens with one attached hydrogen (secondary N) is 1. The Morgan fingerprint density at radius 1 is 1.22 bits per heavy atom. The van der Waals surface area contributed by atoms with Crippen molar-refractivity contribution in [1.82, 2.24) is 10.2 Å². The lowest BCUT2D eigenvalue weighted by molar-refractivity contribution is -0.112. The molecule has 3 rings (SSSR count). The third-order valence-electron chi connectivity index (χ3n) is 4.32. The molecule has 3 aromatic rings. The van der Waals surface area contributed by atoms with Gasteiger partial charge in [0.05, 0.1) is 7.11 Å². The summed E-state index contributed by atoms with van der Waals surface area (Å²) in [4.78, 5) is 12.5. The summed E-state index contributed by atoms with van der Waals surface area (Å²) < 4.78 is 24.2. The summed E-state index contributed by atoms with van der Waals surface area (Å²) in [5.74, 6) is 0.0377. The maximum atomic E-state index is 13.0. The van der Waals surface area contributed by atoms with E-state index in [-0.39, 0.29) is 18.0 Å². The Bertz CT molecular complexity index is 1150. The van der Waals surface area contributed by atoms with Crippen molar-refractivity contribution in [2.24, 2.45) is 0 Å². The molecule has 7 nitrogen and oxygen atoms in total. The van der Waals surface area contributed by atoms with E-state index in [0.29, 0.717) is 22.2 Å². The number of hydrogen-bond acceptors (Lipinski definition) is 7. The van der Waals surface area contributed by atoms with Crippen LogP contribution in [0.4, 0.5) is 9.52 Å². The molecule has 0 aliphatic carbocycles. The number of nitrogens with zero attached hydrogens (tertiary/aromatic N) is 3. The van der Waals surface area contributed by atoms with Crippen LogP contribution in [-0.2, 0) is 17.8 Å². The van der Waals surface area contributed by atoms with Gasteiger partial charge < -0.3 is 9.47 Å². The highest BCUT2D eigenvalue weighted by Gasteiger charge is 2.14. The van der Waals surface area contributed by atoms with Crippen molar-refractivity contribution in [1.29, 1.82) is 5.26 Å². The molecular weight excluding hydrogens is 431 g/mol. The molecule has 164 valence electrons. The van der Waals surface area contributed by atoms with Crippen molar-refractivity contribution in [2.45, 2.75) is 26.4 Å². The third kappa shape index (κ3) is 6.12. The standard InChI is InChI=1S/C23H21FN4O3S/c1-3-4-21-27-28-23(32-21)26-22(29)17(13-25)11-16-7-10-19(20(12-16)30-2)31-14-15-5-8-18(24)9-6-15/h5-12H,3-4,14H2,1-2H3,(H,26,28,29)/b17-11-. The van der Waals surface area contributed by atoms with Crippen molar-refractivity contribution >= 4 is 28.5 Å². The molecule has 0 bridgehead atoms. The summed E-state index contributed by atoms with van der Waals surface area (Å²) in [7, 11) is 1.49. The van der Waals surface area contributed by atoms with Crippen molar-refractivity contribution in [3.8, 4) is 17.6 Å². The second-order valence-electron chi connectivity index (χ2n) is 6.70. The Labute approximate surface area is 189 Å². The minimum Gasteiger partial charge on any atom is -0.493 e. The average molecular weight is 453 g/mol. The first kappa shape index (κ1) is 22.9. The number of rotatable bonds is 9. The van der Waals surface area contributed by atoms with E-state index in [4.69, 9.17) is 9.47 Å². The van der Waals surface area contributed by atoms with E-state index in [1.165, 1.54) is 36.7 Å². The Balaban J connectivity index is 1.71. The quantitative estimate of drug-likeness (QED) is 0.371. The Morgan fingerprint density at radius 3 is 2.69 bits per heavy atom. The van der Waals surface area contributed by atoms with Gasteiger partial charge in [0.15, 0.2) is 11.5 Å². The molecule has 1 N–H and O–H groups in total. The number of methoxy groups -OCH3 is 1. The Hall–Kier alpha value is -3.77. The number of anilines is 1. The summed E-state index contributed by atoms with van der Waals surface area (Å²) in [6.07, 6.45) is 3.16. The molecular formula is C23H21FN4O3S. The number of carbonyl (C=O) groups is 1. The van der Waals surface area contributed by atoms with Gasteiger partial charge in [-0.1, -0.05) is 36.5 Å². The number of ether oxygens (including phenoxy) is 2. The monoisotopic (exact) mass is 452 g/mol. The fourth-order valence-corrected chi connectivity index (χ4v) is 3.57. The van der Waals surface area contributed by atoms with Gasteiger partial charge in [-0.25, -0.2) is 4.39 Å². The van der Waals surface area contributed by atoms with Gasteiger partial charge in [0, 0.05) is 6.42 Å². The summed E-state index contributed by atoms with van der Waals surface area (Å²) in [6, 6.07) is 13.0. The molecule has 0 fully saturated rings. The van der Waals surface area contributed by atoms with E-state index in [1.807, 2.05) is 13.0 Å². The van der Waals surface area contributed by atoms with Crippen molar-refractivity contribution in [3.63, 3.8) is 0 Å². The second-order valence-corrected chi connectivity index (χ2v) is 7.76. The van der Waals surface area contributed by atoms with Crippen LogP contribution in [0.15, 0.2) is 48.0 Å². The van der Waals surface area contributed by atoms with Crippen LogP contribution in [0.3, 0.4) is 0 Å². The first-order valence-corrected chi connectivity index (χ1v) is 10.6. The van der Waals surface area contributed by atoms with Gasteiger partial charge in [-0.15, -0.1) is 10.2 Å². The van der Waals surface area contributed by atoms with Crippen LogP contribution in [0.2, 0.25) is 0 Å². The van der Waals surface area contributed by atoms with Gasteiger partial charge in [-0.2, -0.15) is 5.26 Å². The molecule has 0 saturated heterocycles. The molecule has 9 heteroatoms. The summed E-state index contributed by atoms with van der Waals surface area (Å²) in [6.45, 7) is 2.27. The smallest absolute Gasteiger partial charge is 0.268 e. The maximum Gasteiger partial charge on any atom is 0.268 e. The van der Waals surface area contributed by atoms with Crippen molar-refractivity contribution in [2.75, 3.05) is 12.4 Å². The highest BCUT2D eigenvalue weighted by atomic mass is 32.1. The number of carbonyl (C=O) groups excluding carboxylic acids is 1. The topological polar surface area (TPSA) is 97.1 Å². The molecule has 0 unspecified atom stereocenters. The van der Waals surface area contributed by atoms with Crippen LogP contribution >= 0.6 is 11.3 Å². The zero-order chi connectivity index (χ0) is 22.9. The predicted octanol–water partition coefficient (Wildman–Crippen LogP) is 4.76. The lowest BCUT2D eigenvalue weighted by Gasteiger charge is -2.11. The molecule has 1 heterocycles. The largest absolute Gasteiger partial charge is 0.493 e. The van der Waals surface area contributed by atoms with Gasteiger partial charge in [0.2, 0.25) is 5.13 Å². The fourth-order valence-electron chi connectivity index (χ4n) is 2.73. The van der Waals surface area contributed by atoms with Crippen LogP contribution in [-0.4, -0.2) is 23.2 Å². The van der Waals surface area contributed by atoms with Crippen LogP contribution in [0.1, 0.15) is 29.5 Å². The van der Waals surface area contributed by atoms with Crippen LogP contribution in [0.5, 0.6) is 11.5 Å². The molecule has 0 spiro atoms. The van der Waals surface area contributed by atoms with Gasteiger partial charge in [0.25, 0.3) is 5.91 Å². The van der Waals surface area contributed by atoms with Crippen LogP contribution < -0.4 is 14.8 Å². The number of aryl methyl sites for hydroxylation is 1.